The number of nitrogens with one attached hydrogen (secondary N) is 2. The predicted octanol–water partition coefficient (Wildman–Crippen LogP) is 4.21. The summed E-state index contributed by atoms with van der Waals surface area (Å²) in [6, 6.07) is 11.5. The summed E-state index contributed by atoms with van der Waals surface area (Å²) in [6.45, 7) is 5.92. The number of nitrogen functional groups attached to an aromatic ring is 1. The lowest BCUT2D eigenvalue weighted by molar-refractivity contribution is -0.117. The highest BCUT2D eigenvalue weighted by Gasteiger charge is 2.33. The highest BCUT2D eigenvalue weighted by atomic mass is 16.2. The Labute approximate surface area is 195 Å². The van der Waals surface area contributed by atoms with E-state index in [4.69, 9.17) is 5.73 Å². The fraction of sp³-hybridized carbons (Fsp3) is 0.423. The summed E-state index contributed by atoms with van der Waals surface area (Å²) in [5, 5.41) is 6.08. The Bertz CT molecular complexity index is 1070. The van der Waals surface area contributed by atoms with Gasteiger partial charge in [0.25, 0.3) is 5.91 Å². The Morgan fingerprint density at radius 1 is 1.21 bits per heavy atom. The van der Waals surface area contributed by atoms with Crippen LogP contribution in [0.5, 0.6) is 0 Å². The third-order valence-corrected chi connectivity index (χ3v) is 6.10. The Kier molecular flexibility index (Phi) is 6.67. The van der Waals surface area contributed by atoms with Crippen molar-refractivity contribution in [1.82, 2.24) is 5.32 Å². The molecule has 0 aromatic heterocycles. The number of nitrogens with zero attached hydrogens (tertiary/aromatic N) is 2. The van der Waals surface area contributed by atoms with Gasteiger partial charge in [0.1, 0.15) is 5.71 Å². The van der Waals surface area contributed by atoms with Gasteiger partial charge in [-0.05, 0) is 73.1 Å². The van der Waals surface area contributed by atoms with Crippen molar-refractivity contribution in [1.29, 1.82) is 0 Å². The molecule has 4 N–H and O–H groups in total. The van der Waals surface area contributed by atoms with E-state index in [9.17, 15) is 9.59 Å². The maximum atomic E-state index is 12.8. The summed E-state index contributed by atoms with van der Waals surface area (Å²) < 4.78 is 0. The zero-order valence-electron chi connectivity index (χ0n) is 19.6. The Hall–Kier alpha value is -3.35. The minimum absolute atomic E-state index is 0.135. The molecule has 4 rings (SSSR count). The van der Waals surface area contributed by atoms with E-state index in [2.05, 4.69) is 29.5 Å². The molecule has 1 aliphatic heterocycles. The van der Waals surface area contributed by atoms with Crippen molar-refractivity contribution in [3.63, 3.8) is 0 Å². The van der Waals surface area contributed by atoms with E-state index < -0.39 is 0 Å². The first-order valence-corrected chi connectivity index (χ1v) is 11.8. The van der Waals surface area contributed by atoms with Crippen LogP contribution in [0.1, 0.15) is 56.6 Å². The molecule has 7 nitrogen and oxygen atoms in total. The van der Waals surface area contributed by atoms with Crippen molar-refractivity contribution in [3.05, 3.63) is 47.5 Å². The van der Waals surface area contributed by atoms with E-state index in [0.717, 1.165) is 42.7 Å². The van der Waals surface area contributed by atoms with Crippen molar-refractivity contribution in [3.8, 4) is 0 Å². The second-order valence-electron chi connectivity index (χ2n) is 9.28. The van der Waals surface area contributed by atoms with Gasteiger partial charge in [0.15, 0.2) is 0 Å². The zero-order valence-corrected chi connectivity index (χ0v) is 19.6. The number of nitrogens with two attached hydrogens (primary N) is 1. The van der Waals surface area contributed by atoms with Crippen molar-refractivity contribution in [2.45, 2.75) is 45.4 Å². The van der Waals surface area contributed by atoms with Gasteiger partial charge in [-0.2, -0.15) is 0 Å². The van der Waals surface area contributed by atoms with Crippen LogP contribution in [0.4, 0.5) is 22.7 Å². The molecule has 0 atom stereocenters. The molecule has 33 heavy (non-hydrogen) atoms. The molecule has 174 valence electrons. The molecule has 2 amide bonds. The van der Waals surface area contributed by atoms with E-state index >= 15 is 0 Å². The van der Waals surface area contributed by atoms with Crippen LogP contribution < -0.4 is 21.3 Å². The Morgan fingerprint density at radius 3 is 2.52 bits per heavy atom. The van der Waals surface area contributed by atoms with Gasteiger partial charge in [0.05, 0.1) is 5.69 Å². The lowest BCUT2D eigenvalue weighted by Gasteiger charge is -2.22. The lowest BCUT2D eigenvalue weighted by atomic mass is 9.98. The molecule has 7 heteroatoms. The fourth-order valence-electron chi connectivity index (χ4n) is 4.14. The summed E-state index contributed by atoms with van der Waals surface area (Å²) >= 11 is 0. The number of aliphatic imine (C=N–C) groups is 1. The first kappa shape index (κ1) is 22.8. The van der Waals surface area contributed by atoms with Gasteiger partial charge in [0.2, 0.25) is 5.91 Å². The maximum absolute atomic E-state index is 12.8. The molecule has 0 unspecified atom stereocenters. The van der Waals surface area contributed by atoms with Crippen molar-refractivity contribution < 1.29 is 9.59 Å². The van der Waals surface area contributed by atoms with Gasteiger partial charge in [-0.25, -0.2) is 4.99 Å². The predicted molar refractivity (Wildman–Crippen MR) is 134 cm³/mol. The van der Waals surface area contributed by atoms with Crippen LogP contribution in [0.2, 0.25) is 0 Å². The fourth-order valence-corrected chi connectivity index (χ4v) is 4.14. The molecule has 0 radical (unpaired) electrons. The SMILES string of the molecule is CNC(=O)C(=Nc1ccc(NCC(C)C)cc1)c1cc(C2CC2)c(N2CCCC2=O)cc1N. The number of carbonyl (C=O) groups is 2. The average Bonchev–Trinajstić information content (AvgIpc) is 3.56. The van der Waals surface area contributed by atoms with Crippen LogP contribution in [-0.4, -0.2) is 37.7 Å². The molecule has 2 aromatic carbocycles. The standard InChI is InChI=1S/C26H33N5O2/c1-16(2)15-29-18-8-10-19(11-9-18)30-25(26(33)28-3)21-13-20(17-6-7-17)23(14-22(21)27)31-12-4-5-24(31)32/h8-11,13-14,16-17,29H,4-7,12,15,27H2,1-3H3,(H,28,33). The van der Waals surface area contributed by atoms with Gasteiger partial charge in [-0.3, -0.25) is 9.59 Å². The third-order valence-electron chi connectivity index (χ3n) is 6.10. The topological polar surface area (TPSA) is 99.8 Å². The average molecular weight is 448 g/mol. The van der Waals surface area contributed by atoms with E-state index in [0.29, 0.717) is 41.7 Å². The number of hydrogen-bond donors (Lipinski definition) is 3. The molecular formula is C26H33N5O2. The summed E-state index contributed by atoms with van der Waals surface area (Å²) in [6.07, 6.45) is 3.58. The first-order chi connectivity index (χ1) is 15.9. The molecule has 0 bridgehead atoms. The smallest absolute Gasteiger partial charge is 0.270 e. The molecule has 1 aliphatic carbocycles. The van der Waals surface area contributed by atoms with Crippen LogP contribution in [0.25, 0.3) is 0 Å². The van der Waals surface area contributed by atoms with E-state index in [1.165, 1.54) is 0 Å². The number of hydrogen-bond acceptors (Lipinski definition) is 5. The monoisotopic (exact) mass is 447 g/mol. The number of amides is 2. The molecule has 1 saturated heterocycles. The minimum Gasteiger partial charge on any atom is -0.398 e. The second kappa shape index (κ2) is 9.65. The van der Waals surface area contributed by atoms with Crippen LogP contribution in [0, 0.1) is 5.92 Å². The molecular weight excluding hydrogens is 414 g/mol. The largest absolute Gasteiger partial charge is 0.398 e. The minimum atomic E-state index is -0.296. The van der Waals surface area contributed by atoms with Crippen LogP contribution in [0.3, 0.4) is 0 Å². The van der Waals surface area contributed by atoms with E-state index in [-0.39, 0.29) is 17.5 Å². The normalized spacial score (nSPS) is 16.4. The van der Waals surface area contributed by atoms with E-state index in [1.807, 2.05) is 41.3 Å². The highest BCUT2D eigenvalue weighted by Crippen LogP contribution is 2.46. The molecule has 0 spiro atoms. The van der Waals surface area contributed by atoms with Crippen molar-refractivity contribution in [2.75, 3.05) is 36.1 Å². The van der Waals surface area contributed by atoms with E-state index in [1.54, 1.807) is 7.05 Å². The van der Waals surface area contributed by atoms with Crippen LogP contribution in [-0.2, 0) is 9.59 Å². The van der Waals surface area contributed by atoms with Crippen LogP contribution >= 0.6 is 0 Å². The maximum Gasteiger partial charge on any atom is 0.270 e. The highest BCUT2D eigenvalue weighted by molar-refractivity contribution is 6.46. The molecule has 2 aromatic rings. The molecule has 1 heterocycles. The number of anilines is 3. The molecule has 2 aliphatic rings. The number of rotatable bonds is 8. The Morgan fingerprint density at radius 2 is 1.94 bits per heavy atom. The number of carbonyl (C=O) groups excluding carboxylic acids is 2. The third kappa shape index (κ3) is 5.18. The van der Waals surface area contributed by atoms with Gasteiger partial charge >= 0.3 is 0 Å². The zero-order chi connectivity index (χ0) is 23.5. The number of likely N-dealkylation sites (N-methyl/N-ethyl adjacent to an activating group) is 1. The first-order valence-electron chi connectivity index (χ1n) is 11.8. The van der Waals surface area contributed by atoms with Gasteiger partial charge in [-0.15, -0.1) is 0 Å². The second-order valence-corrected chi connectivity index (χ2v) is 9.28. The van der Waals surface area contributed by atoms with Crippen molar-refractivity contribution >= 4 is 40.3 Å². The quantitative estimate of drug-likeness (QED) is 0.417. The van der Waals surface area contributed by atoms with Gasteiger partial charge in [0, 0.05) is 49.2 Å². The molecule has 2 fully saturated rings. The summed E-state index contributed by atoms with van der Waals surface area (Å²) in [4.78, 5) is 31.7. The van der Waals surface area contributed by atoms with Crippen LogP contribution in [0.15, 0.2) is 41.4 Å². The number of benzene rings is 2. The van der Waals surface area contributed by atoms with Gasteiger partial charge in [-0.1, -0.05) is 13.8 Å². The summed E-state index contributed by atoms with van der Waals surface area (Å²) in [5.41, 5.74) is 11.4. The van der Waals surface area contributed by atoms with Crippen molar-refractivity contribution in [2.24, 2.45) is 10.9 Å². The molecule has 1 saturated carbocycles. The van der Waals surface area contributed by atoms with Gasteiger partial charge < -0.3 is 21.3 Å². The Balaban J connectivity index is 1.71. The summed E-state index contributed by atoms with van der Waals surface area (Å²) in [5.74, 6) is 0.779. The lowest BCUT2D eigenvalue weighted by Crippen LogP contribution is -2.30. The summed E-state index contributed by atoms with van der Waals surface area (Å²) in [7, 11) is 1.59.